The number of phosphoric acid groups is 1. The van der Waals surface area contributed by atoms with Gasteiger partial charge in [-0.05, 0) is 83.5 Å². The van der Waals surface area contributed by atoms with Crippen LogP contribution in [0, 0.1) is 0 Å². The van der Waals surface area contributed by atoms with Crippen LogP contribution in [0.25, 0.3) is 0 Å². The second-order valence-electron chi connectivity index (χ2n) is 19.6. The van der Waals surface area contributed by atoms with Gasteiger partial charge in [0.05, 0.1) is 39.9 Å². The van der Waals surface area contributed by atoms with Crippen LogP contribution in [-0.2, 0) is 18.4 Å². The molecule has 3 unspecified atom stereocenters. The number of nitrogens with one attached hydrogen (secondary N) is 1. The Morgan fingerprint density at radius 3 is 1.37 bits per heavy atom. The monoisotopic (exact) mass is 958 g/mol. The zero-order valence-electron chi connectivity index (χ0n) is 44.1. The number of hydrogen-bond donors (Lipinski definition) is 3. The van der Waals surface area contributed by atoms with E-state index in [0.717, 1.165) is 64.2 Å². The Morgan fingerprint density at radius 1 is 0.522 bits per heavy atom. The average molecular weight is 958 g/mol. The standard InChI is InChI=1S/C58H105N2O6P/c1-6-8-10-12-14-16-18-20-22-23-24-25-26-27-28-29-30-31-32-33-34-35-36-38-39-41-43-45-47-49-51-57(61)56(55-66-67(63,64)65-54-53-60(3,4)5)59-58(62)52-50-48-46-44-42-40-37-21-19-17-15-13-11-9-7-2/h9,11,15,17,21,35-37,41-44,49,51,56-57,61H,6-8,10,12-14,16,18-20,22-34,38-40,45-48,50,52-55H2,1-5H3,(H-,59,62,63,64)/p+1/b11-9-,17-15-,36-35+,37-21-,43-41+,44-42-,51-49+. The highest BCUT2D eigenvalue weighted by Gasteiger charge is 2.27. The number of phosphoric ester groups is 1. The molecule has 0 saturated heterocycles. The lowest BCUT2D eigenvalue weighted by atomic mass is 10.0. The molecule has 0 aliphatic carbocycles. The molecule has 67 heavy (non-hydrogen) atoms. The number of rotatable bonds is 49. The fourth-order valence-corrected chi connectivity index (χ4v) is 8.27. The Labute approximate surface area is 414 Å². The van der Waals surface area contributed by atoms with E-state index in [1.54, 1.807) is 6.08 Å². The number of quaternary nitrogens is 1. The van der Waals surface area contributed by atoms with Crippen LogP contribution in [0.2, 0.25) is 0 Å². The smallest absolute Gasteiger partial charge is 0.387 e. The SMILES string of the molecule is CC/C=C\C/C=C\C/C=C\C/C=C\CCCCC(=O)NC(COP(=O)(O)OCC[N+](C)(C)C)C(O)/C=C/CC/C=C/CC/C=C/CCCCCCCCCCCCCCCCCCCCCC. The first-order valence-electron chi connectivity index (χ1n) is 27.5. The maximum absolute atomic E-state index is 12.9. The minimum absolute atomic E-state index is 0.0412. The summed E-state index contributed by atoms with van der Waals surface area (Å²) in [5, 5.41) is 13.8. The fourth-order valence-electron chi connectivity index (χ4n) is 7.54. The second kappa shape index (κ2) is 48.7. The van der Waals surface area contributed by atoms with E-state index in [4.69, 9.17) is 9.05 Å². The number of carbonyl (C=O) groups excluding carboxylic acids is 1. The molecule has 0 saturated carbocycles. The largest absolute Gasteiger partial charge is 0.472 e. The van der Waals surface area contributed by atoms with Gasteiger partial charge in [0.2, 0.25) is 5.91 Å². The van der Waals surface area contributed by atoms with E-state index >= 15 is 0 Å². The lowest BCUT2D eigenvalue weighted by Gasteiger charge is -2.25. The van der Waals surface area contributed by atoms with Crippen LogP contribution >= 0.6 is 7.82 Å². The van der Waals surface area contributed by atoms with Crippen LogP contribution in [0.1, 0.15) is 226 Å². The maximum atomic E-state index is 12.9. The highest BCUT2D eigenvalue weighted by molar-refractivity contribution is 7.47. The van der Waals surface area contributed by atoms with Gasteiger partial charge in [-0.25, -0.2) is 4.57 Å². The van der Waals surface area contributed by atoms with Crippen molar-refractivity contribution in [3.8, 4) is 0 Å². The molecule has 9 heteroatoms. The van der Waals surface area contributed by atoms with Crippen molar-refractivity contribution < 1.29 is 32.9 Å². The van der Waals surface area contributed by atoms with Crippen molar-refractivity contribution in [1.82, 2.24) is 5.32 Å². The molecular formula is C58H106N2O6P+. The third-order valence-electron chi connectivity index (χ3n) is 11.8. The Kier molecular flexibility index (Phi) is 47.0. The van der Waals surface area contributed by atoms with Gasteiger partial charge in [0, 0.05) is 6.42 Å². The van der Waals surface area contributed by atoms with E-state index in [1.807, 2.05) is 27.2 Å². The van der Waals surface area contributed by atoms with E-state index in [1.165, 1.54) is 135 Å². The van der Waals surface area contributed by atoms with Gasteiger partial charge in [0.15, 0.2) is 0 Å². The van der Waals surface area contributed by atoms with Gasteiger partial charge in [0.1, 0.15) is 13.2 Å². The van der Waals surface area contributed by atoms with Crippen molar-refractivity contribution in [3.63, 3.8) is 0 Å². The Hall–Kier alpha value is -2.32. The quantitative estimate of drug-likeness (QED) is 0.0243. The number of likely N-dealkylation sites (N-methyl/N-ethyl adjacent to an activating group) is 1. The lowest BCUT2D eigenvalue weighted by molar-refractivity contribution is -0.870. The minimum Gasteiger partial charge on any atom is -0.387 e. The zero-order valence-corrected chi connectivity index (χ0v) is 45.0. The lowest BCUT2D eigenvalue weighted by Crippen LogP contribution is -2.45. The first kappa shape index (κ1) is 64.7. The van der Waals surface area contributed by atoms with Gasteiger partial charge in [0.25, 0.3) is 0 Å². The summed E-state index contributed by atoms with van der Waals surface area (Å²) < 4.78 is 23.6. The summed E-state index contributed by atoms with van der Waals surface area (Å²) in [6.45, 7) is 4.64. The summed E-state index contributed by atoms with van der Waals surface area (Å²) in [6.07, 6.45) is 68.5. The van der Waals surface area contributed by atoms with Crippen molar-refractivity contribution in [1.29, 1.82) is 0 Å². The molecule has 0 aromatic rings. The molecule has 0 aromatic carbocycles. The topological polar surface area (TPSA) is 105 Å². The molecule has 0 bridgehead atoms. The van der Waals surface area contributed by atoms with Crippen LogP contribution in [0.15, 0.2) is 85.1 Å². The van der Waals surface area contributed by atoms with Crippen molar-refractivity contribution in [3.05, 3.63) is 85.1 Å². The third-order valence-corrected chi connectivity index (χ3v) is 12.8. The molecule has 0 heterocycles. The first-order valence-corrected chi connectivity index (χ1v) is 29.0. The number of aliphatic hydroxyl groups excluding tert-OH is 1. The van der Waals surface area contributed by atoms with Crippen LogP contribution < -0.4 is 5.32 Å². The van der Waals surface area contributed by atoms with Crippen molar-refractivity contribution in [2.24, 2.45) is 0 Å². The predicted molar refractivity (Wildman–Crippen MR) is 290 cm³/mol. The average Bonchev–Trinajstić information content (AvgIpc) is 3.29. The summed E-state index contributed by atoms with van der Waals surface area (Å²) in [7, 11) is 1.51. The third kappa shape index (κ3) is 51.4. The van der Waals surface area contributed by atoms with Crippen molar-refractivity contribution in [2.75, 3.05) is 40.9 Å². The number of hydrogen-bond acceptors (Lipinski definition) is 5. The molecule has 3 atom stereocenters. The number of unbranched alkanes of at least 4 members (excludes halogenated alkanes) is 24. The highest BCUT2D eigenvalue weighted by Crippen LogP contribution is 2.43. The molecule has 0 aliphatic heterocycles. The number of nitrogens with zero attached hydrogens (tertiary/aromatic N) is 1. The summed E-state index contributed by atoms with van der Waals surface area (Å²) >= 11 is 0. The van der Waals surface area contributed by atoms with Gasteiger partial charge < -0.3 is 19.8 Å². The molecule has 3 N–H and O–H groups in total. The van der Waals surface area contributed by atoms with E-state index in [0.29, 0.717) is 17.4 Å². The van der Waals surface area contributed by atoms with E-state index < -0.39 is 20.0 Å². The van der Waals surface area contributed by atoms with Crippen molar-refractivity contribution >= 4 is 13.7 Å². The van der Waals surface area contributed by atoms with Crippen LogP contribution in [0.3, 0.4) is 0 Å². The highest BCUT2D eigenvalue weighted by atomic mass is 31.2. The number of aliphatic hydroxyl groups is 1. The number of amides is 1. The van der Waals surface area contributed by atoms with Crippen molar-refractivity contribution in [2.45, 2.75) is 238 Å². The molecule has 0 rings (SSSR count). The molecule has 0 fully saturated rings. The Bertz CT molecular complexity index is 1360. The van der Waals surface area contributed by atoms with Crippen LogP contribution in [0.5, 0.6) is 0 Å². The summed E-state index contributed by atoms with van der Waals surface area (Å²) in [5.74, 6) is -0.234. The summed E-state index contributed by atoms with van der Waals surface area (Å²) in [4.78, 5) is 23.2. The summed E-state index contributed by atoms with van der Waals surface area (Å²) in [6, 6.07) is -0.897. The number of carbonyl (C=O) groups is 1. The Balaban J connectivity index is 4.29. The van der Waals surface area contributed by atoms with E-state index in [2.05, 4.69) is 92.1 Å². The minimum atomic E-state index is -4.37. The predicted octanol–water partition coefficient (Wildman–Crippen LogP) is 16.5. The second-order valence-corrected chi connectivity index (χ2v) is 21.0. The molecule has 388 valence electrons. The van der Waals surface area contributed by atoms with Crippen LogP contribution in [0.4, 0.5) is 0 Å². The van der Waals surface area contributed by atoms with E-state index in [9.17, 15) is 19.4 Å². The first-order chi connectivity index (χ1) is 32.5. The van der Waals surface area contributed by atoms with Gasteiger partial charge in [-0.2, -0.15) is 0 Å². The zero-order chi connectivity index (χ0) is 49.2. The molecule has 8 nitrogen and oxygen atoms in total. The molecule has 1 amide bonds. The van der Waals surface area contributed by atoms with Gasteiger partial charge >= 0.3 is 7.82 Å². The molecular weight excluding hydrogens is 852 g/mol. The van der Waals surface area contributed by atoms with Gasteiger partial charge in [-0.3, -0.25) is 13.8 Å². The molecule has 0 spiro atoms. The van der Waals surface area contributed by atoms with Crippen LogP contribution in [-0.4, -0.2) is 73.4 Å². The number of allylic oxidation sites excluding steroid dienone is 13. The van der Waals surface area contributed by atoms with E-state index in [-0.39, 0.29) is 25.5 Å². The molecule has 0 aromatic heterocycles. The normalized spacial score (nSPS) is 14.7. The van der Waals surface area contributed by atoms with Gasteiger partial charge in [-0.15, -0.1) is 0 Å². The fraction of sp³-hybridized carbons (Fsp3) is 0.741. The molecule has 0 aliphatic rings. The maximum Gasteiger partial charge on any atom is 0.472 e. The molecule has 0 radical (unpaired) electrons. The Morgan fingerprint density at radius 2 is 0.910 bits per heavy atom. The summed E-state index contributed by atoms with van der Waals surface area (Å²) in [5.41, 5.74) is 0. The van der Waals surface area contributed by atoms with Gasteiger partial charge in [-0.1, -0.05) is 221 Å².